The molecule has 6 heteroatoms. The van der Waals surface area contributed by atoms with Crippen LogP contribution >= 0.6 is 0 Å². The summed E-state index contributed by atoms with van der Waals surface area (Å²) in [5, 5.41) is 0. The van der Waals surface area contributed by atoms with Crippen LogP contribution < -0.4 is 10.5 Å². The number of nitrogens with one attached hydrogen (secondary N) is 1. The lowest BCUT2D eigenvalue weighted by Crippen LogP contribution is -2.28. The minimum atomic E-state index is -3.44. The molecule has 1 aliphatic carbocycles. The van der Waals surface area contributed by atoms with Gasteiger partial charge < -0.3 is 10.3 Å². The summed E-state index contributed by atoms with van der Waals surface area (Å²) in [4.78, 5) is 0.310. The first-order valence-corrected chi connectivity index (χ1v) is 8.09. The molecule has 1 aromatic heterocycles. The van der Waals surface area contributed by atoms with Gasteiger partial charge in [0.2, 0.25) is 10.0 Å². The van der Waals surface area contributed by atoms with Crippen LogP contribution in [0.2, 0.25) is 0 Å². The largest absolute Gasteiger partial charge is 0.346 e. The third-order valence-electron chi connectivity index (χ3n) is 3.79. The van der Waals surface area contributed by atoms with Crippen molar-refractivity contribution in [2.45, 2.75) is 57.6 Å². The van der Waals surface area contributed by atoms with Crippen molar-refractivity contribution in [1.82, 2.24) is 9.29 Å². The van der Waals surface area contributed by atoms with Crippen molar-refractivity contribution in [2.75, 3.05) is 0 Å². The smallest absolute Gasteiger partial charge is 0.242 e. The molecule has 108 valence electrons. The highest BCUT2D eigenvalue weighted by atomic mass is 32.2. The lowest BCUT2D eigenvalue weighted by atomic mass is 10.2. The number of aromatic nitrogens is 1. The van der Waals surface area contributed by atoms with Crippen LogP contribution in [0.25, 0.3) is 0 Å². The highest BCUT2D eigenvalue weighted by molar-refractivity contribution is 7.89. The van der Waals surface area contributed by atoms with E-state index in [1.54, 1.807) is 12.3 Å². The third-order valence-corrected chi connectivity index (χ3v) is 5.23. The number of rotatable bonds is 5. The Kier molecular flexibility index (Phi) is 3.53. The van der Waals surface area contributed by atoms with Crippen molar-refractivity contribution in [1.29, 1.82) is 0 Å². The fraction of sp³-hybridized carbons (Fsp3) is 0.692. The minimum Gasteiger partial charge on any atom is -0.346 e. The van der Waals surface area contributed by atoms with E-state index in [-0.39, 0.29) is 17.5 Å². The summed E-state index contributed by atoms with van der Waals surface area (Å²) >= 11 is 0. The van der Waals surface area contributed by atoms with Gasteiger partial charge >= 0.3 is 0 Å². The molecule has 1 fully saturated rings. The average molecular weight is 285 g/mol. The number of nitrogens with zero attached hydrogens (tertiary/aromatic N) is 1. The second-order valence-electron chi connectivity index (χ2n) is 6.24. The van der Waals surface area contributed by atoms with Gasteiger partial charge in [0.25, 0.3) is 0 Å². The first-order valence-electron chi connectivity index (χ1n) is 6.60. The van der Waals surface area contributed by atoms with E-state index in [0.717, 1.165) is 12.1 Å². The molecule has 1 aromatic rings. The molecule has 1 unspecified atom stereocenters. The van der Waals surface area contributed by atoms with Gasteiger partial charge in [-0.05, 0) is 31.7 Å². The maximum absolute atomic E-state index is 12.3. The Bertz CT molecular complexity index is 573. The zero-order valence-electron chi connectivity index (χ0n) is 12.0. The highest BCUT2D eigenvalue weighted by Crippen LogP contribution is 2.45. The van der Waals surface area contributed by atoms with Crippen LogP contribution in [0, 0.1) is 5.41 Å². The van der Waals surface area contributed by atoms with Crippen LogP contribution in [0.3, 0.4) is 0 Å². The molecule has 1 atom stereocenters. The van der Waals surface area contributed by atoms with E-state index in [4.69, 9.17) is 5.73 Å². The van der Waals surface area contributed by atoms with E-state index in [0.29, 0.717) is 11.4 Å². The molecule has 3 N–H and O–H groups in total. The maximum atomic E-state index is 12.3. The Labute approximate surface area is 115 Å². The maximum Gasteiger partial charge on any atom is 0.242 e. The van der Waals surface area contributed by atoms with Crippen LogP contribution in [0.5, 0.6) is 0 Å². The summed E-state index contributed by atoms with van der Waals surface area (Å²) in [6, 6.07) is 1.90. The van der Waals surface area contributed by atoms with E-state index < -0.39 is 10.0 Å². The Morgan fingerprint density at radius 3 is 2.47 bits per heavy atom. The van der Waals surface area contributed by atoms with E-state index in [1.165, 1.54) is 0 Å². The van der Waals surface area contributed by atoms with Gasteiger partial charge in [-0.15, -0.1) is 0 Å². The quantitative estimate of drug-likeness (QED) is 0.862. The molecule has 0 bridgehead atoms. The molecule has 0 spiro atoms. The Morgan fingerprint density at radius 2 is 2.11 bits per heavy atom. The van der Waals surface area contributed by atoms with Crippen molar-refractivity contribution in [3.05, 3.63) is 18.0 Å². The number of hydrogen-bond donors (Lipinski definition) is 2. The SMILES string of the molecule is CC(C)n1cc(S(=O)(=O)NC2CC2(C)C)cc1CN. The first-order chi connectivity index (χ1) is 8.67. The molecule has 0 radical (unpaired) electrons. The molecule has 0 saturated heterocycles. The van der Waals surface area contributed by atoms with Crippen molar-refractivity contribution in [3.8, 4) is 0 Å². The van der Waals surface area contributed by atoms with Crippen LogP contribution in [-0.4, -0.2) is 19.0 Å². The van der Waals surface area contributed by atoms with E-state index >= 15 is 0 Å². The van der Waals surface area contributed by atoms with Crippen molar-refractivity contribution in [3.63, 3.8) is 0 Å². The summed E-state index contributed by atoms with van der Waals surface area (Å²) in [5.41, 5.74) is 6.58. The zero-order valence-corrected chi connectivity index (χ0v) is 12.8. The normalized spacial score (nSPS) is 21.9. The molecule has 0 aliphatic heterocycles. The second-order valence-corrected chi connectivity index (χ2v) is 7.95. The molecule has 2 rings (SSSR count). The van der Waals surface area contributed by atoms with Gasteiger partial charge in [-0.1, -0.05) is 13.8 Å². The highest BCUT2D eigenvalue weighted by Gasteiger charge is 2.48. The standard InChI is InChI=1S/C13H23N3O2S/c1-9(2)16-8-11(5-10(16)7-14)19(17,18)15-12-6-13(12,3)4/h5,8-9,12,15H,6-7,14H2,1-4H3. The summed E-state index contributed by atoms with van der Waals surface area (Å²) in [6.45, 7) is 8.47. The molecular formula is C13H23N3O2S. The molecule has 19 heavy (non-hydrogen) atoms. The second kappa shape index (κ2) is 4.61. The zero-order chi connectivity index (χ0) is 14.4. The molecule has 1 saturated carbocycles. The van der Waals surface area contributed by atoms with Gasteiger partial charge in [0.05, 0.1) is 4.90 Å². The summed E-state index contributed by atoms with van der Waals surface area (Å²) in [7, 11) is -3.44. The van der Waals surface area contributed by atoms with Gasteiger partial charge in [0.1, 0.15) is 0 Å². The van der Waals surface area contributed by atoms with Gasteiger partial charge in [0, 0.05) is 30.5 Å². The molecule has 0 aromatic carbocycles. The van der Waals surface area contributed by atoms with Crippen LogP contribution in [0.15, 0.2) is 17.2 Å². The number of sulfonamides is 1. The summed E-state index contributed by atoms with van der Waals surface area (Å²) < 4.78 is 29.3. The van der Waals surface area contributed by atoms with Crippen molar-refractivity contribution >= 4 is 10.0 Å². The predicted octanol–water partition coefficient (Wildman–Crippen LogP) is 1.60. The van der Waals surface area contributed by atoms with Crippen LogP contribution in [0.4, 0.5) is 0 Å². The molecular weight excluding hydrogens is 262 g/mol. The number of hydrogen-bond acceptors (Lipinski definition) is 3. The van der Waals surface area contributed by atoms with Crippen molar-refractivity contribution < 1.29 is 8.42 Å². The van der Waals surface area contributed by atoms with E-state index in [1.807, 2.05) is 18.4 Å². The van der Waals surface area contributed by atoms with Crippen LogP contribution in [0.1, 0.15) is 45.9 Å². The average Bonchev–Trinajstić information content (AvgIpc) is 2.76. The Morgan fingerprint density at radius 1 is 1.53 bits per heavy atom. The van der Waals surface area contributed by atoms with Crippen LogP contribution in [-0.2, 0) is 16.6 Å². The first kappa shape index (κ1) is 14.6. The van der Waals surface area contributed by atoms with E-state index in [9.17, 15) is 8.42 Å². The summed E-state index contributed by atoms with van der Waals surface area (Å²) in [5.74, 6) is 0. The molecule has 5 nitrogen and oxygen atoms in total. The summed E-state index contributed by atoms with van der Waals surface area (Å²) in [6.07, 6.45) is 2.56. The van der Waals surface area contributed by atoms with Gasteiger partial charge in [0.15, 0.2) is 0 Å². The predicted molar refractivity (Wildman–Crippen MR) is 75.2 cm³/mol. The third kappa shape index (κ3) is 2.85. The lowest BCUT2D eigenvalue weighted by Gasteiger charge is -2.10. The number of nitrogens with two attached hydrogens (primary N) is 1. The molecule has 1 heterocycles. The lowest BCUT2D eigenvalue weighted by molar-refractivity contribution is 0.552. The topological polar surface area (TPSA) is 77.1 Å². The fourth-order valence-corrected chi connectivity index (χ4v) is 3.67. The fourth-order valence-electron chi connectivity index (χ4n) is 2.21. The monoisotopic (exact) mass is 285 g/mol. The minimum absolute atomic E-state index is 0.0428. The Hall–Kier alpha value is -0.850. The molecule has 1 aliphatic rings. The Balaban J connectivity index is 2.26. The molecule has 0 amide bonds. The van der Waals surface area contributed by atoms with Gasteiger partial charge in [-0.25, -0.2) is 13.1 Å². The van der Waals surface area contributed by atoms with Gasteiger partial charge in [-0.2, -0.15) is 0 Å². The van der Waals surface area contributed by atoms with E-state index in [2.05, 4.69) is 18.6 Å². The van der Waals surface area contributed by atoms with Crippen molar-refractivity contribution in [2.24, 2.45) is 11.1 Å². The van der Waals surface area contributed by atoms with Gasteiger partial charge in [-0.3, -0.25) is 0 Å².